The van der Waals surface area contributed by atoms with E-state index in [1.54, 1.807) is 6.07 Å². The molecule has 0 spiro atoms. The molecule has 0 radical (unpaired) electrons. The molecule has 9 heteroatoms. The molecule has 0 atom stereocenters. The molecule has 2 N–H and O–H groups in total. The van der Waals surface area contributed by atoms with E-state index in [2.05, 4.69) is 15.0 Å². The van der Waals surface area contributed by atoms with Crippen molar-refractivity contribution in [1.29, 1.82) is 0 Å². The van der Waals surface area contributed by atoms with Crippen LogP contribution in [-0.2, 0) is 10.0 Å². The molecule has 0 bridgehead atoms. The topological polar surface area (TPSA) is 107 Å². The summed E-state index contributed by atoms with van der Waals surface area (Å²) < 4.78 is 38.8. The summed E-state index contributed by atoms with van der Waals surface area (Å²) in [6.45, 7) is 0.796. The Morgan fingerprint density at radius 1 is 1.00 bits per heavy atom. The van der Waals surface area contributed by atoms with Gasteiger partial charge < -0.3 is 14.8 Å². The molecule has 1 aliphatic heterocycles. The van der Waals surface area contributed by atoms with Gasteiger partial charge in [-0.05, 0) is 31.0 Å². The summed E-state index contributed by atoms with van der Waals surface area (Å²) in [6.07, 6.45) is 8.15. The summed E-state index contributed by atoms with van der Waals surface area (Å²) in [5, 5.41) is 3.00. The van der Waals surface area contributed by atoms with Crippen LogP contribution in [0.25, 0.3) is 0 Å². The summed E-state index contributed by atoms with van der Waals surface area (Å²) in [6, 6.07) is 6.08. The minimum absolute atomic E-state index is 0.0406. The number of hydrogen-bond acceptors (Lipinski definition) is 6. The molecule has 1 aliphatic carbocycles. The van der Waals surface area contributed by atoms with Crippen LogP contribution in [0.15, 0.2) is 41.6 Å². The Labute approximate surface area is 169 Å². The Hall–Kier alpha value is -2.81. The van der Waals surface area contributed by atoms with E-state index in [0.717, 1.165) is 25.7 Å². The van der Waals surface area contributed by atoms with E-state index in [9.17, 15) is 13.2 Å². The van der Waals surface area contributed by atoms with Crippen LogP contribution >= 0.6 is 0 Å². The summed E-state index contributed by atoms with van der Waals surface area (Å²) >= 11 is 0. The van der Waals surface area contributed by atoms with E-state index >= 15 is 0 Å². The first-order chi connectivity index (χ1) is 14.0. The summed E-state index contributed by atoms with van der Waals surface area (Å²) in [5.41, 5.74) is 0.536. The summed E-state index contributed by atoms with van der Waals surface area (Å²) in [4.78, 5) is 16.6. The van der Waals surface area contributed by atoms with Gasteiger partial charge in [0.05, 0.1) is 22.3 Å². The van der Waals surface area contributed by atoms with Gasteiger partial charge in [-0.2, -0.15) is 0 Å². The first-order valence-corrected chi connectivity index (χ1v) is 11.2. The third-order valence-electron chi connectivity index (χ3n) is 5.02. The lowest BCUT2D eigenvalue weighted by Gasteiger charge is -2.22. The van der Waals surface area contributed by atoms with Crippen molar-refractivity contribution in [1.82, 2.24) is 10.3 Å². The highest BCUT2D eigenvalue weighted by molar-refractivity contribution is 7.92. The number of fused-ring (bicyclic) bond motifs is 1. The highest BCUT2D eigenvalue weighted by Crippen LogP contribution is 2.32. The number of carbonyl (C=O) groups is 1. The van der Waals surface area contributed by atoms with Gasteiger partial charge >= 0.3 is 0 Å². The maximum atomic E-state index is 12.7. The second kappa shape index (κ2) is 8.28. The van der Waals surface area contributed by atoms with Crippen LogP contribution in [0.2, 0.25) is 0 Å². The van der Waals surface area contributed by atoms with E-state index in [1.165, 1.54) is 37.0 Å². The maximum Gasteiger partial charge on any atom is 0.262 e. The number of amides is 1. The molecule has 1 aromatic carbocycles. The number of aromatic nitrogens is 1. The lowest BCUT2D eigenvalue weighted by Crippen LogP contribution is -2.36. The molecule has 2 aliphatic rings. The number of carbonyl (C=O) groups excluding carboxylic acids is 1. The molecule has 1 aromatic heterocycles. The van der Waals surface area contributed by atoms with Crippen LogP contribution in [0.1, 0.15) is 42.5 Å². The van der Waals surface area contributed by atoms with Crippen LogP contribution < -0.4 is 19.5 Å². The lowest BCUT2D eigenvalue weighted by molar-refractivity contribution is 0.0927. The standard InChI is InChI=1S/C20H23N3O5S/c24-20(22-15-4-2-1-3-5-15)14-10-16(13-21-12-14)23-29(25,26)17-6-7-18-19(11-17)28-9-8-27-18/h6-7,10-13,15,23H,1-5,8-9H2,(H,22,24). The number of pyridine rings is 1. The summed E-state index contributed by atoms with van der Waals surface area (Å²) in [5.74, 6) is 0.654. The summed E-state index contributed by atoms with van der Waals surface area (Å²) in [7, 11) is -3.87. The molecule has 2 heterocycles. The van der Waals surface area contributed by atoms with E-state index in [4.69, 9.17) is 9.47 Å². The second-order valence-electron chi connectivity index (χ2n) is 7.18. The number of nitrogens with zero attached hydrogens (tertiary/aromatic N) is 1. The fraction of sp³-hybridized carbons (Fsp3) is 0.400. The zero-order valence-electron chi connectivity index (χ0n) is 15.9. The van der Waals surface area contributed by atoms with Crippen molar-refractivity contribution in [3.05, 3.63) is 42.2 Å². The monoisotopic (exact) mass is 417 g/mol. The van der Waals surface area contributed by atoms with Crippen molar-refractivity contribution in [2.24, 2.45) is 0 Å². The minimum atomic E-state index is -3.87. The van der Waals surface area contributed by atoms with Crippen molar-refractivity contribution in [2.45, 2.75) is 43.0 Å². The van der Waals surface area contributed by atoms with Crippen LogP contribution in [0.4, 0.5) is 5.69 Å². The molecular formula is C20H23N3O5S. The largest absolute Gasteiger partial charge is 0.486 e. The average molecular weight is 417 g/mol. The average Bonchev–Trinajstić information content (AvgIpc) is 2.74. The van der Waals surface area contributed by atoms with Crippen molar-refractivity contribution in [3.63, 3.8) is 0 Å². The molecule has 1 fully saturated rings. The number of hydrogen-bond donors (Lipinski definition) is 2. The Balaban J connectivity index is 1.48. The molecule has 1 amide bonds. The van der Waals surface area contributed by atoms with Crippen LogP contribution in [0, 0.1) is 0 Å². The molecule has 8 nitrogen and oxygen atoms in total. The van der Waals surface area contributed by atoms with Gasteiger partial charge in [-0.25, -0.2) is 8.42 Å². The third kappa shape index (κ3) is 4.61. The number of anilines is 1. The number of ether oxygens (including phenoxy) is 2. The minimum Gasteiger partial charge on any atom is -0.486 e. The third-order valence-corrected chi connectivity index (χ3v) is 6.40. The zero-order chi connectivity index (χ0) is 20.3. The molecule has 0 saturated heterocycles. The predicted molar refractivity (Wildman–Crippen MR) is 107 cm³/mol. The van der Waals surface area contributed by atoms with E-state index in [1.807, 2.05) is 0 Å². The number of rotatable bonds is 5. The number of benzene rings is 1. The van der Waals surface area contributed by atoms with Gasteiger partial charge in [0.25, 0.3) is 15.9 Å². The quantitative estimate of drug-likeness (QED) is 0.775. The lowest BCUT2D eigenvalue weighted by atomic mass is 9.95. The second-order valence-corrected chi connectivity index (χ2v) is 8.86. The normalized spacial score (nSPS) is 16.8. The van der Waals surface area contributed by atoms with Crippen LogP contribution in [-0.4, -0.2) is 38.6 Å². The molecule has 1 saturated carbocycles. The van der Waals surface area contributed by atoms with Gasteiger partial charge in [-0.15, -0.1) is 0 Å². The fourth-order valence-corrected chi connectivity index (χ4v) is 4.59. The Kier molecular flexibility index (Phi) is 5.57. The van der Waals surface area contributed by atoms with Crippen molar-refractivity contribution < 1.29 is 22.7 Å². The first-order valence-electron chi connectivity index (χ1n) is 9.70. The van der Waals surface area contributed by atoms with Gasteiger partial charge in [0.1, 0.15) is 13.2 Å². The molecule has 154 valence electrons. The van der Waals surface area contributed by atoms with Gasteiger partial charge in [0.2, 0.25) is 0 Å². The Morgan fingerprint density at radius 2 is 1.76 bits per heavy atom. The number of nitrogens with one attached hydrogen (secondary N) is 2. The van der Waals surface area contributed by atoms with Crippen molar-refractivity contribution in [2.75, 3.05) is 17.9 Å². The highest BCUT2D eigenvalue weighted by Gasteiger charge is 2.21. The molecular weight excluding hydrogens is 394 g/mol. The Morgan fingerprint density at radius 3 is 2.55 bits per heavy atom. The van der Waals surface area contributed by atoms with Crippen LogP contribution in [0.3, 0.4) is 0 Å². The van der Waals surface area contributed by atoms with Gasteiger partial charge in [-0.3, -0.25) is 14.5 Å². The number of sulfonamides is 1. The smallest absolute Gasteiger partial charge is 0.262 e. The first kappa shape index (κ1) is 19.5. The highest BCUT2D eigenvalue weighted by atomic mass is 32.2. The molecule has 0 unspecified atom stereocenters. The fourth-order valence-electron chi connectivity index (χ4n) is 3.54. The maximum absolute atomic E-state index is 12.7. The molecule has 2 aromatic rings. The zero-order valence-corrected chi connectivity index (χ0v) is 16.7. The van der Waals surface area contributed by atoms with Gasteiger partial charge in [0.15, 0.2) is 11.5 Å². The van der Waals surface area contributed by atoms with E-state index < -0.39 is 10.0 Å². The van der Waals surface area contributed by atoms with Crippen LogP contribution in [0.5, 0.6) is 11.5 Å². The van der Waals surface area contributed by atoms with Crippen molar-refractivity contribution in [3.8, 4) is 11.5 Å². The molecule has 29 heavy (non-hydrogen) atoms. The molecule has 4 rings (SSSR count). The van der Waals surface area contributed by atoms with Crippen molar-refractivity contribution >= 4 is 21.6 Å². The SMILES string of the molecule is O=C(NC1CCCCC1)c1cncc(NS(=O)(=O)c2ccc3c(c2)OCCO3)c1. The van der Waals surface area contributed by atoms with E-state index in [0.29, 0.717) is 30.3 Å². The van der Waals surface area contributed by atoms with Gasteiger partial charge in [-0.1, -0.05) is 19.3 Å². The van der Waals surface area contributed by atoms with Gasteiger partial charge in [0, 0.05) is 18.3 Å². The Bertz CT molecular complexity index is 1000. The van der Waals surface area contributed by atoms with E-state index in [-0.39, 0.29) is 22.5 Å². The predicted octanol–water partition coefficient (Wildman–Crippen LogP) is 2.72.